The minimum absolute atomic E-state index is 0.0324. The summed E-state index contributed by atoms with van der Waals surface area (Å²) in [4.78, 5) is 15.9. The zero-order chi connectivity index (χ0) is 23.8. The standard InChI is InChI=1S/C24H35F4N3O2/c1-2-15-33-17-23(32)29-20-6-3-18(4-7-20)9-10-30-11-13-31(14-12-30)22-16-19(24(26,27)28)5-8-21(22)25/h5,8,16,18,20H,2-4,6-7,9-15,17H2,1H3,(H,29,32). The Balaban J connectivity index is 1.36. The van der Waals surface area contributed by atoms with Crippen molar-refractivity contribution in [1.82, 2.24) is 10.2 Å². The number of hydrogen-bond donors (Lipinski definition) is 1. The molecular formula is C24H35F4N3O2. The molecule has 1 saturated carbocycles. The summed E-state index contributed by atoms with van der Waals surface area (Å²) < 4.78 is 58.4. The molecule has 1 aliphatic carbocycles. The average Bonchev–Trinajstić information content (AvgIpc) is 2.79. The molecule has 0 aromatic heterocycles. The van der Waals surface area contributed by atoms with Crippen LogP contribution in [0.4, 0.5) is 23.2 Å². The summed E-state index contributed by atoms with van der Waals surface area (Å²) in [7, 11) is 0. The van der Waals surface area contributed by atoms with Crippen LogP contribution in [0.25, 0.3) is 0 Å². The highest BCUT2D eigenvalue weighted by Gasteiger charge is 2.32. The number of benzene rings is 1. The molecule has 1 amide bonds. The van der Waals surface area contributed by atoms with Gasteiger partial charge in [-0.25, -0.2) is 4.39 Å². The van der Waals surface area contributed by atoms with Gasteiger partial charge in [-0.1, -0.05) is 6.92 Å². The second kappa shape index (κ2) is 12.0. The van der Waals surface area contributed by atoms with Gasteiger partial charge in [-0.3, -0.25) is 9.69 Å². The van der Waals surface area contributed by atoms with Gasteiger partial charge in [-0.2, -0.15) is 13.2 Å². The summed E-state index contributed by atoms with van der Waals surface area (Å²) in [6.45, 7) is 6.11. The zero-order valence-corrected chi connectivity index (χ0v) is 19.3. The summed E-state index contributed by atoms with van der Waals surface area (Å²) in [6, 6.07) is 2.83. The molecule has 33 heavy (non-hydrogen) atoms. The quantitative estimate of drug-likeness (QED) is 0.425. The summed E-state index contributed by atoms with van der Waals surface area (Å²) in [5, 5.41) is 3.06. The SMILES string of the molecule is CCCOCC(=O)NC1CCC(CCN2CCN(c3cc(C(F)(F)F)ccc3F)CC2)CC1. The molecular weight excluding hydrogens is 438 g/mol. The second-order valence-corrected chi connectivity index (χ2v) is 9.12. The van der Waals surface area contributed by atoms with E-state index in [9.17, 15) is 22.4 Å². The summed E-state index contributed by atoms with van der Waals surface area (Å²) in [6.07, 6.45) is 1.61. The van der Waals surface area contributed by atoms with Crippen molar-refractivity contribution in [2.75, 3.05) is 50.8 Å². The number of anilines is 1. The number of halogens is 4. The van der Waals surface area contributed by atoms with E-state index >= 15 is 0 Å². The number of piperazine rings is 1. The molecule has 9 heteroatoms. The first-order chi connectivity index (χ1) is 15.8. The molecule has 0 unspecified atom stereocenters. The van der Waals surface area contributed by atoms with Gasteiger partial charge in [0.2, 0.25) is 5.91 Å². The number of amides is 1. The third kappa shape index (κ3) is 7.84. The topological polar surface area (TPSA) is 44.8 Å². The normalized spacial score (nSPS) is 22.4. The van der Waals surface area contributed by atoms with Gasteiger partial charge in [0.25, 0.3) is 0 Å². The van der Waals surface area contributed by atoms with Gasteiger partial charge in [0.1, 0.15) is 12.4 Å². The third-order valence-electron chi connectivity index (χ3n) is 6.63. The van der Waals surface area contributed by atoms with Crippen molar-refractivity contribution in [3.63, 3.8) is 0 Å². The molecule has 3 rings (SSSR count). The minimum atomic E-state index is -4.48. The van der Waals surface area contributed by atoms with Gasteiger partial charge in [0.15, 0.2) is 0 Å². The van der Waals surface area contributed by atoms with Crippen LogP contribution >= 0.6 is 0 Å². The van der Waals surface area contributed by atoms with E-state index in [0.717, 1.165) is 63.3 Å². The Morgan fingerprint density at radius 3 is 2.45 bits per heavy atom. The lowest BCUT2D eigenvalue weighted by molar-refractivity contribution is -0.137. The second-order valence-electron chi connectivity index (χ2n) is 9.12. The fourth-order valence-electron chi connectivity index (χ4n) is 4.68. The fourth-order valence-corrected chi connectivity index (χ4v) is 4.68. The molecule has 1 aromatic rings. The third-order valence-corrected chi connectivity index (χ3v) is 6.63. The van der Waals surface area contributed by atoms with E-state index in [1.54, 1.807) is 4.90 Å². The molecule has 0 bridgehead atoms. The summed E-state index contributed by atoms with van der Waals surface area (Å²) >= 11 is 0. The van der Waals surface area contributed by atoms with Crippen molar-refractivity contribution in [2.24, 2.45) is 5.92 Å². The Labute approximate surface area is 193 Å². The molecule has 1 heterocycles. The maximum absolute atomic E-state index is 14.2. The Morgan fingerprint density at radius 1 is 1.12 bits per heavy atom. The molecule has 0 radical (unpaired) electrons. The van der Waals surface area contributed by atoms with Gasteiger partial charge in [-0.15, -0.1) is 0 Å². The maximum Gasteiger partial charge on any atom is 0.416 e. The monoisotopic (exact) mass is 473 g/mol. The fraction of sp³-hybridized carbons (Fsp3) is 0.708. The number of nitrogens with zero attached hydrogens (tertiary/aromatic N) is 2. The first-order valence-corrected chi connectivity index (χ1v) is 12.0. The molecule has 0 spiro atoms. The van der Waals surface area contributed by atoms with Crippen molar-refractivity contribution >= 4 is 11.6 Å². The Hall–Kier alpha value is -1.87. The van der Waals surface area contributed by atoms with Crippen molar-refractivity contribution in [3.05, 3.63) is 29.6 Å². The maximum atomic E-state index is 14.2. The minimum Gasteiger partial charge on any atom is -0.372 e. The molecule has 2 fully saturated rings. The molecule has 1 aliphatic heterocycles. The molecule has 1 aromatic carbocycles. The molecule has 1 saturated heterocycles. The van der Waals surface area contributed by atoms with Crippen LogP contribution in [0.15, 0.2) is 18.2 Å². The number of rotatable bonds is 9. The Morgan fingerprint density at radius 2 is 1.82 bits per heavy atom. The van der Waals surface area contributed by atoms with Crippen LogP contribution in [-0.4, -0.2) is 62.8 Å². The molecule has 2 aliphatic rings. The van der Waals surface area contributed by atoms with E-state index < -0.39 is 17.6 Å². The summed E-state index contributed by atoms with van der Waals surface area (Å²) in [5.41, 5.74) is -0.786. The van der Waals surface area contributed by atoms with Crippen LogP contribution < -0.4 is 10.2 Å². The number of carbonyl (C=O) groups excluding carboxylic acids is 1. The van der Waals surface area contributed by atoms with Crippen molar-refractivity contribution in [2.45, 2.75) is 57.7 Å². The number of nitrogens with one attached hydrogen (secondary N) is 1. The lowest BCUT2D eigenvalue weighted by Crippen LogP contribution is -2.47. The van der Waals surface area contributed by atoms with Gasteiger partial charge in [-0.05, 0) is 69.2 Å². The predicted molar refractivity (Wildman–Crippen MR) is 120 cm³/mol. The van der Waals surface area contributed by atoms with Gasteiger partial charge in [0, 0.05) is 38.8 Å². The predicted octanol–water partition coefficient (Wildman–Crippen LogP) is 4.46. The van der Waals surface area contributed by atoms with Crippen LogP contribution in [-0.2, 0) is 15.7 Å². The van der Waals surface area contributed by atoms with E-state index in [1.165, 1.54) is 0 Å². The van der Waals surface area contributed by atoms with E-state index in [0.29, 0.717) is 38.7 Å². The highest BCUT2D eigenvalue weighted by molar-refractivity contribution is 5.77. The number of alkyl halides is 3. The van der Waals surface area contributed by atoms with Crippen LogP contribution in [0.3, 0.4) is 0 Å². The largest absolute Gasteiger partial charge is 0.416 e. The lowest BCUT2D eigenvalue weighted by Gasteiger charge is -2.37. The molecule has 0 atom stereocenters. The first-order valence-electron chi connectivity index (χ1n) is 12.0. The van der Waals surface area contributed by atoms with Gasteiger partial charge < -0.3 is 15.0 Å². The van der Waals surface area contributed by atoms with Gasteiger partial charge >= 0.3 is 6.18 Å². The zero-order valence-electron chi connectivity index (χ0n) is 19.3. The number of ether oxygens (including phenoxy) is 1. The number of hydrogen-bond acceptors (Lipinski definition) is 4. The Kier molecular flexibility index (Phi) is 9.37. The Bertz CT molecular complexity index is 759. The van der Waals surface area contributed by atoms with E-state index in [2.05, 4.69) is 10.2 Å². The smallest absolute Gasteiger partial charge is 0.372 e. The summed E-state index contributed by atoms with van der Waals surface area (Å²) in [5.74, 6) is -0.0346. The highest BCUT2D eigenvalue weighted by atomic mass is 19.4. The molecule has 186 valence electrons. The van der Waals surface area contributed by atoms with Crippen LogP contribution in [0.2, 0.25) is 0 Å². The van der Waals surface area contributed by atoms with E-state index in [4.69, 9.17) is 4.74 Å². The van der Waals surface area contributed by atoms with E-state index in [-0.39, 0.29) is 24.2 Å². The lowest BCUT2D eigenvalue weighted by atomic mass is 9.84. The highest BCUT2D eigenvalue weighted by Crippen LogP contribution is 2.33. The number of carbonyl (C=O) groups is 1. The van der Waals surface area contributed by atoms with Crippen LogP contribution in [0.5, 0.6) is 0 Å². The van der Waals surface area contributed by atoms with Gasteiger partial charge in [0.05, 0.1) is 11.3 Å². The van der Waals surface area contributed by atoms with Crippen molar-refractivity contribution in [1.29, 1.82) is 0 Å². The van der Waals surface area contributed by atoms with Crippen molar-refractivity contribution < 1.29 is 27.1 Å². The molecule has 1 N–H and O–H groups in total. The van der Waals surface area contributed by atoms with Crippen LogP contribution in [0.1, 0.15) is 51.0 Å². The average molecular weight is 474 g/mol. The molecule has 5 nitrogen and oxygen atoms in total. The van der Waals surface area contributed by atoms with Crippen LogP contribution in [0, 0.1) is 11.7 Å². The van der Waals surface area contributed by atoms with E-state index in [1.807, 2.05) is 6.92 Å². The first kappa shape index (κ1) is 25.7. The van der Waals surface area contributed by atoms with Crippen molar-refractivity contribution in [3.8, 4) is 0 Å².